The Hall–Kier alpha value is -1.20. The molecule has 114 valence electrons. The van der Waals surface area contributed by atoms with Crippen LogP contribution in [0.5, 0.6) is 5.75 Å². The number of benzene rings is 1. The lowest BCUT2D eigenvalue weighted by atomic mass is 10.0. The molecule has 0 spiro atoms. The number of hydrogen-bond acceptors (Lipinski definition) is 3. The fraction of sp³-hybridized carbons (Fsp3) is 0.600. The Balaban J connectivity index is 2.92. The fourth-order valence-corrected chi connectivity index (χ4v) is 2.03. The maximum Gasteiger partial charge on any atom is 0.272 e. The molecule has 1 aromatic rings. The topological polar surface area (TPSA) is 47.3 Å². The molecule has 1 atom stereocenters. The number of ether oxygens (including phenoxy) is 1. The van der Waals surface area contributed by atoms with Crippen molar-refractivity contribution in [2.75, 3.05) is 6.61 Å². The lowest BCUT2D eigenvalue weighted by Crippen LogP contribution is -2.37. The Morgan fingerprint density at radius 2 is 1.90 bits per heavy atom. The van der Waals surface area contributed by atoms with Crippen LogP contribution in [0, 0.1) is 0 Å². The second kappa shape index (κ2) is 6.99. The summed E-state index contributed by atoms with van der Waals surface area (Å²) in [5.74, 6) is 0.436. The van der Waals surface area contributed by atoms with Crippen molar-refractivity contribution in [1.82, 2.24) is 5.32 Å². The van der Waals surface area contributed by atoms with Gasteiger partial charge in [0, 0.05) is 18.1 Å². The number of nitrogens with two attached hydrogens (primary N) is 1. The zero-order valence-electron chi connectivity index (χ0n) is 12.5. The summed E-state index contributed by atoms with van der Waals surface area (Å²) in [4.78, 5) is 0. The van der Waals surface area contributed by atoms with Gasteiger partial charge in [0.15, 0.2) is 0 Å². The normalized spacial score (nSPS) is 13.6. The Kier molecular flexibility index (Phi) is 5.89. The summed E-state index contributed by atoms with van der Waals surface area (Å²) >= 11 is 0. The van der Waals surface area contributed by atoms with Gasteiger partial charge in [0.05, 0.1) is 0 Å². The monoisotopic (exact) mass is 286 g/mol. The summed E-state index contributed by atoms with van der Waals surface area (Å²) < 4.78 is 29.5. The molecular formula is C15H24F2N2O. The van der Waals surface area contributed by atoms with Gasteiger partial charge in [0.2, 0.25) is 0 Å². The van der Waals surface area contributed by atoms with E-state index in [0.29, 0.717) is 12.3 Å². The standard InChI is InChI=1S/C15H24F2N2O/c1-10(19-15(2,3)4)12-5-11(8-18)6-13(7-12)20-9-14(16)17/h5-7,10,14,19H,8-9,18H2,1-4H3. The second-order valence-corrected chi connectivity index (χ2v) is 5.93. The average Bonchev–Trinajstić information content (AvgIpc) is 2.33. The van der Waals surface area contributed by atoms with Crippen LogP contribution in [0.25, 0.3) is 0 Å². The molecule has 5 heteroatoms. The second-order valence-electron chi connectivity index (χ2n) is 5.93. The van der Waals surface area contributed by atoms with E-state index in [9.17, 15) is 8.78 Å². The minimum atomic E-state index is -2.48. The van der Waals surface area contributed by atoms with E-state index < -0.39 is 13.0 Å². The number of halogens is 2. The third-order valence-electron chi connectivity index (χ3n) is 2.75. The van der Waals surface area contributed by atoms with Crippen LogP contribution in [-0.2, 0) is 6.54 Å². The van der Waals surface area contributed by atoms with Crippen molar-refractivity contribution in [3.8, 4) is 5.75 Å². The molecule has 0 aliphatic rings. The van der Waals surface area contributed by atoms with Crippen LogP contribution in [0.4, 0.5) is 8.78 Å². The number of rotatable bonds is 6. The van der Waals surface area contributed by atoms with Gasteiger partial charge in [-0.1, -0.05) is 6.07 Å². The summed E-state index contributed by atoms with van der Waals surface area (Å²) in [5.41, 5.74) is 7.46. The minimum Gasteiger partial charge on any atom is -0.488 e. The first kappa shape index (κ1) is 16.9. The van der Waals surface area contributed by atoms with Gasteiger partial charge >= 0.3 is 0 Å². The van der Waals surface area contributed by atoms with Crippen LogP contribution in [0.1, 0.15) is 44.9 Å². The number of alkyl halides is 2. The lowest BCUT2D eigenvalue weighted by molar-refractivity contribution is 0.0818. The zero-order chi connectivity index (χ0) is 15.3. The van der Waals surface area contributed by atoms with Crippen LogP contribution in [-0.4, -0.2) is 18.6 Å². The predicted octanol–water partition coefficient (Wildman–Crippen LogP) is 3.24. The van der Waals surface area contributed by atoms with Crippen LogP contribution in [0.15, 0.2) is 18.2 Å². The molecule has 0 radical (unpaired) electrons. The first-order chi connectivity index (χ1) is 9.21. The molecule has 3 N–H and O–H groups in total. The van der Waals surface area contributed by atoms with Crippen molar-refractivity contribution >= 4 is 0 Å². The van der Waals surface area contributed by atoms with Crippen molar-refractivity contribution in [3.63, 3.8) is 0 Å². The van der Waals surface area contributed by atoms with E-state index in [1.165, 1.54) is 0 Å². The molecule has 0 bridgehead atoms. The van der Waals surface area contributed by atoms with Gasteiger partial charge in [-0.15, -0.1) is 0 Å². The van der Waals surface area contributed by atoms with Crippen LogP contribution < -0.4 is 15.8 Å². The van der Waals surface area contributed by atoms with Crippen molar-refractivity contribution in [2.24, 2.45) is 5.73 Å². The molecular weight excluding hydrogens is 262 g/mol. The molecule has 0 saturated heterocycles. The Labute approximate surface area is 119 Å². The zero-order valence-corrected chi connectivity index (χ0v) is 12.5. The van der Waals surface area contributed by atoms with Gasteiger partial charge in [-0.25, -0.2) is 8.78 Å². The molecule has 0 aromatic heterocycles. The maximum atomic E-state index is 12.2. The van der Waals surface area contributed by atoms with E-state index in [4.69, 9.17) is 10.5 Å². The third-order valence-corrected chi connectivity index (χ3v) is 2.75. The lowest BCUT2D eigenvalue weighted by Gasteiger charge is -2.27. The highest BCUT2D eigenvalue weighted by Gasteiger charge is 2.16. The van der Waals surface area contributed by atoms with E-state index in [2.05, 4.69) is 26.1 Å². The van der Waals surface area contributed by atoms with Crippen LogP contribution >= 0.6 is 0 Å². The van der Waals surface area contributed by atoms with Gasteiger partial charge in [-0.3, -0.25) is 0 Å². The first-order valence-corrected chi connectivity index (χ1v) is 6.74. The van der Waals surface area contributed by atoms with E-state index in [-0.39, 0.29) is 11.6 Å². The molecule has 20 heavy (non-hydrogen) atoms. The smallest absolute Gasteiger partial charge is 0.272 e. The Morgan fingerprint density at radius 3 is 2.40 bits per heavy atom. The molecule has 0 amide bonds. The maximum absolute atomic E-state index is 12.2. The summed E-state index contributed by atoms with van der Waals surface area (Å²) in [6, 6.07) is 5.54. The molecule has 0 heterocycles. The molecule has 0 saturated carbocycles. The van der Waals surface area contributed by atoms with Gasteiger partial charge in [0.1, 0.15) is 12.4 Å². The SMILES string of the molecule is CC(NC(C)(C)C)c1cc(CN)cc(OCC(F)F)c1. The summed E-state index contributed by atoms with van der Waals surface area (Å²) in [6.45, 7) is 7.99. The molecule has 1 unspecified atom stereocenters. The van der Waals surface area contributed by atoms with Crippen molar-refractivity contribution in [1.29, 1.82) is 0 Å². The number of hydrogen-bond donors (Lipinski definition) is 2. The van der Waals surface area contributed by atoms with Crippen molar-refractivity contribution in [3.05, 3.63) is 29.3 Å². The summed E-state index contributed by atoms with van der Waals surface area (Å²) in [7, 11) is 0. The molecule has 3 nitrogen and oxygen atoms in total. The highest BCUT2D eigenvalue weighted by Crippen LogP contribution is 2.24. The fourth-order valence-electron chi connectivity index (χ4n) is 2.03. The number of nitrogens with one attached hydrogen (secondary N) is 1. The molecule has 1 aromatic carbocycles. The molecule has 0 aliphatic heterocycles. The third kappa shape index (κ3) is 5.84. The Morgan fingerprint density at radius 1 is 1.25 bits per heavy atom. The first-order valence-electron chi connectivity index (χ1n) is 6.74. The molecule has 0 aliphatic carbocycles. The van der Waals surface area contributed by atoms with Gasteiger partial charge < -0.3 is 15.8 Å². The average molecular weight is 286 g/mol. The van der Waals surface area contributed by atoms with Crippen LogP contribution in [0.3, 0.4) is 0 Å². The molecule has 1 rings (SSSR count). The van der Waals surface area contributed by atoms with E-state index in [0.717, 1.165) is 11.1 Å². The van der Waals surface area contributed by atoms with Gasteiger partial charge in [-0.2, -0.15) is 0 Å². The van der Waals surface area contributed by atoms with Gasteiger partial charge in [0.25, 0.3) is 6.43 Å². The van der Waals surface area contributed by atoms with Gasteiger partial charge in [-0.05, 0) is 51.0 Å². The highest BCUT2D eigenvalue weighted by atomic mass is 19.3. The highest BCUT2D eigenvalue weighted by molar-refractivity contribution is 5.36. The van der Waals surface area contributed by atoms with Crippen molar-refractivity contribution in [2.45, 2.75) is 52.2 Å². The summed E-state index contributed by atoms with van der Waals surface area (Å²) in [5, 5.41) is 3.43. The van der Waals surface area contributed by atoms with E-state index >= 15 is 0 Å². The largest absolute Gasteiger partial charge is 0.488 e. The van der Waals surface area contributed by atoms with E-state index in [1.807, 2.05) is 13.0 Å². The van der Waals surface area contributed by atoms with E-state index in [1.54, 1.807) is 12.1 Å². The predicted molar refractivity (Wildman–Crippen MR) is 77.1 cm³/mol. The minimum absolute atomic E-state index is 0.0396. The quantitative estimate of drug-likeness (QED) is 0.844. The Bertz CT molecular complexity index is 430. The van der Waals surface area contributed by atoms with Crippen LogP contribution in [0.2, 0.25) is 0 Å². The summed E-state index contributed by atoms with van der Waals surface area (Å²) in [6.07, 6.45) is -2.48. The molecule has 0 fully saturated rings. The van der Waals surface area contributed by atoms with Crippen molar-refractivity contribution < 1.29 is 13.5 Å².